The maximum absolute atomic E-state index is 12.5. The number of aliphatic hydroxyl groups excluding tert-OH is 1. The lowest BCUT2D eigenvalue weighted by molar-refractivity contribution is 0.0666. The minimum Gasteiger partial charge on any atom is -0.390 e. The molecule has 0 aromatic carbocycles. The van der Waals surface area contributed by atoms with Gasteiger partial charge in [-0.15, -0.1) is 10.2 Å². The first kappa shape index (κ1) is 14.6. The third-order valence-electron chi connectivity index (χ3n) is 3.67. The molecule has 116 valence electrons. The van der Waals surface area contributed by atoms with Gasteiger partial charge in [-0.1, -0.05) is 0 Å². The number of carbonyl (C=O) groups excluding carboxylic acids is 1. The van der Waals surface area contributed by atoms with Crippen LogP contribution in [0.2, 0.25) is 0 Å². The Kier molecular flexibility index (Phi) is 4.12. The van der Waals surface area contributed by atoms with Crippen LogP contribution < -0.4 is 0 Å². The zero-order valence-electron chi connectivity index (χ0n) is 12.3. The lowest BCUT2D eigenvalue weighted by Gasteiger charge is -2.21. The van der Waals surface area contributed by atoms with Crippen LogP contribution in [-0.4, -0.2) is 79.9 Å². The molecule has 1 fully saturated rings. The van der Waals surface area contributed by atoms with Crippen molar-refractivity contribution in [1.29, 1.82) is 0 Å². The molecule has 1 amide bonds. The third kappa shape index (κ3) is 3.12. The number of amides is 1. The van der Waals surface area contributed by atoms with E-state index in [4.69, 9.17) is 0 Å². The second kappa shape index (κ2) is 6.20. The van der Waals surface area contributed by atoms with E-state index in [1.165, 1.54) is 0 Å². The maximum atomic E-state index is 12.5. The van der Waals surface area contributed by atoms with Crippen molar-refractivity contribution in [3.05, 3.63) is 36.5 Å². The molecule has 0 saturated carbocycles. The smallest absolute Gasteiger partial charge is 0.255 e. The summed E-state index contributed by atoms with van der Waals surface area (Å²) < 4.78 is 1.67. The Hall–Kier alpha value is -2.32. The van der Waals surface area contributed by atoms with Gasteiger partial charge in [-0.2, -0.15) is 0 Å². The van der Waals surface area contributed by atoms with Gasteiger partial charge in [-0.3, -0.25) is 9.36 Å². The molecule has 22 heavy (non-hydrogen) atoms. The third-order valence-corrected chi connectivity index (χ3v) is 3.67. The Morgan fingerprint density at radius 1 is 1.23 bits per heavy atom. The maximum Gasteiger partial charge on any atom is 0.255 e. The Bertz CT molecular complexity index is 627. The van der Waals surface area contributed by atoms with Gasteiger partial charge in [0.25, 0.3) is 5.91 Å². The van der Waals surface area contributed by atoms with Crippen LogP contribution in [0.1, 0.15) is 10.4 Å². The van der Waals surface area contributed by atoms with E-state index in [1.54, 1.807) is 40.5 Å². The van der Waals surface area contributed by atoms with Crippen LogP contribution in [-0.2, 0) is 0 Å². The largest absolute Gasteiger partial charge is 0.390 e. The van der Waals surface area contributed by atoms with Gasteiger partial charge in [0.1, 0.15) is 18.5 Å². The molecule has 1 atom stereocenters. The normalized spacial score (nSPS) is 19.9. The Labute approximate surface area is 128 Å². The summed E-state index contributed by atoms with van der Waals surface area (Å²) in [6.07, 6.45) is 4.11. The number of carbonyl (C=O) groups is 1. The molecule has 0 radical (unpaired) electrons. The summed E-state index contributed by atoms with van der Waals surface area (Å²) in [6.45, 7) is 2.26. The highest BCUT2D eigenvalue weighted by molar-refractivity contribution is 5.94. The first-order valence-corrected chi connectivity index (χ1v) is 7.10. The van der Waals surface area contributed by atoms with E-state index in [2.05, 4.69) is 15.2 Å². The van der Waals surface area contributed by atoms with Crippen LogP contribution in [0.4, 0.5) is 0 Å². The van der Waals surface area contributed by atoms with Crippen molar-refractivity contribution in [3.63, 3.8) is 0 Å². The summed E-state index contributed by atoms with van der Waals surface area (Å²) in [7, 11) is 1.94. The van der Waals surface area contributed by atoms with Crippen molar-refractivity contribution >= 4 is 5.91 Å². The standard InChI is InChI=1S/C14H18N6O2/c1-18-4-5-19(8-12(21)7-18)14(22)11-2-3-13(15-6-11)20-9-16-17-10-20/h2-3,6,9-10,12,21H,4-5,7-8H2,1H3/t12-/m0/s1. The number of likely N-dealkylation sites (N-methyl/N-ethyl adjacent to an activating group) is 1. The van der Waals surface area contributed by atoms with Crippen LogP contribution in [0.3, 0.4) is 0 Å². The van der Waals surface area contributed by atoms with E-state index < -0.39 is 6.10 Å². The van der Waals surface area contributed by atoms with Crippen LogP contribution in [0.15, 0.2) is 31.0 Å². The molecule has 0 bridgehead atoms. The van der Waals surface area contributed by atoms with Crippen molar-refractivity contribution in [2.24, 2.45) is 0 Å². The predicted molar refractivity (Wildman–Crippen MR) is 78.6 cm³/mol. The first-order valence-electron chi connectivity index (χ1n) is 7.10. The van der Waals surface area contributed by atoms with E-state index >= 15 is 0 Å². The fraction of sp³-hybridized carbons (Fsp3) is 0.429. The summed E-state index contributed by atoms with van der Waals surface area (Å²) in [6, 6.07) is 3.47. The van der Waals surface area contributed by atoms with E-state index in [0.29, 0.717) is 31.0 Å². The molecule has 1 aliphatic rings. The second-order valence-corrected chi connectivity index (χ2v) is 5.44. The summed E-state index contributed by atoms with van der Waals surface area (Å²) in [5.41, 5.74) is 0.508. The van der Waals surface area contributed by atoms with Crippen LogP contribution in [0.5, 0.6) is 0 Å². The Morgan fingerprint density at radius 3 is 2.68 bits per heavy atom. The van der Waals surface area contributed by atoms with Crippen LogP contribution >= 0.6 is 0 Å². The van der Waals surface area contributed by atoms with E-state index in [-0.39, 0.29) is 5.91 Å². The molecule has 1 saturated heterocycles. The molecule has 0 spiro atoms. The molecule has 3 heterocycles. The van der Waals surface area contributed by atoms with Crippen LogP contribution in [0.25, 0.3) is 5.82 Å². The lowest BCUT2D eigenvalue weighted by atomic mass is 10.2. The summed E-state index contributed by atoms with van der Waals surface area (Å²) in [4.78, 5) is 20.5. The van der Waals surface area contributed by atoms with Gasteiger partial charge in [0.15, 0.2) is 0 Å². The van der Waals surface area contributed by atoms with Gasteiger partial charge >= 0.3 is 0 Å². The average molecular weight is 302 g/mol. The molecular weight excluding hydrogens is 284 g/mol. The van der Waals surface area contributed by atoms with E-state index in [9.17, 15) is 9.90 Å². The topological polar surface area (TPSA) is 87.4 Å². The SMILES string of the molecule is CN1CCN(C(=O)c2ccc(-n3cnnc3)nc2)C[C@@H](O)C1. The Balaban J connectivity index is 1.74. The first-order chi connectivity index (χ1) is 10.6. The highest BCUT2D eigenvalue weighted by Gasteiger charge is 2.23. The van der Waals surface area contributed by atoms with Crippen molar-refractivity contribution < 1.29 is 9.90 Å². The Morgan fingerprint density at radius 2 is 2.00 bits per heavy atom. The zero-order chi connectivity index (χ0) is 15.5. The number of aromatic nitrogens is 4. The average Bonchev–Trinajstić information content (AvgIpc) is 2.99. The van der Waals surface area contributed by atoms with Crippen molar-refractivity contribution in [2.45, 2.75) is 6.10 Å². The number of β-amino-alcohol motifs (C(OH)–C–C–N with tert-alkyl or cyclic N) is 1. The monoisotopic (exact) mass is 302 g/mol. The lowest BCUT2D eigenvalue weighted by Crippen LogP contribution is -2.37. The number of rotatable bonds is 2. The van der Waals surface area contributed by atoms with Crippen molar-refractivity contribution in [3.8, 4) is 5.82 Å². The van der Waals surface area contributed by atoms with Gasteiger partial charge < -0.3 is 14.9 Å². The van der Waals surface area contributed by atoms with Gasteiger partial charge in [0.2, 0.25) is 0 Å². The molecule has 8 nitrogen and oxygen atoms in total. The van der Waals surface area contributed by atoms with Crippen LogP contribution in [0, 0.1) is 0 Å². The van der Waals surface area contributed by atoms with Crippen molar-refractivity contribution in [2.75, 3.05) is 33.2 Å². The fourth-order valence-corrected chi connectivity index (χ4v) is 2.50. The summed E-state index contributed by atoms with van der Waals surface area (Å²) >= 11 is 0. The number of aliphatic hydroxyl groups is 1. The number of nitrogens with zero attached hydrogens (tertiary/aromatic N) is 6. The summed E-state index contributed by atoms with van der Waals surface area (Å²) in [5, 5.41) is 17.4. The van der Waals surface area contributed by atoms with Gasteiger partial charge in [-0.25, -0.2) is 4.98 Å². The quantitative estimate of drug-likeness (QED) is 0.798. The van der Waals surface area contributed by atoms with E-state index in [1.807, 2.05) is 11.9 Å². The number of pyridine rings is 1. The van der Waals surface area contributed by atoms with Crippen molar-refractivity contribution in [1.82, 2.24) is 29.5 Å². The van der Waals surface area contributed by atoms with Gasteiger partial charge in [-0.05, 0) is 19.2 Å². The van der Waals surface area contributed by atoms with Gasteiger partial charge in [0, 0.05) is 32.4 Å². The molecule has 0 unspecified atom stereocenters. The number of hydrogen-bond acceptors (Lipinski definition) is 6. The molecule has 2 aromatic rings. The highest BCUT2D eigenvalue weighted by atomic mass is 16.3. The summed E-state index contributed by atoms with van der Waals surface area (Å²) in [5.74, 6) is 0.536. The highest BCUT2D eigenvalue weighted by Crippen LogP contribution is 2.10. The molecule has 3 rings (SSSR count). The fourth-order valence-electron chi connectivity index (χ4n) is 2.50. The molecule has 0 aliphatic carbocycles. The molecule has 1 aliphatic heterocycles. The minimum atomic E-state index is -0.527. The van der Waals surface area contributed by atoms with Gasteiger partial charge in [0.05, 0.1) is 11.7 Å². The number of hydrogen-bond donors (Lipinski definition) is 1. The van der Waals surface area contributed by atoms with E-state index in [0.717, 1.165) is 6.54 Å². The molecule has 8 heteroatoms. The predicted octanol–water partition coefficient (Wildman–Crippen LogP) is -0.589. The zero-order valence-corrected chi connectivity index (χ0v) is 12.3. The second-order valence-electron chi connectivity index (χ2n) is 5.44. The minimum absolute atomic E-state index is 0.114. The molecule has 1 N–H and O–H groups in total. The molecule has 2 aromatic heterocycles. The molecular formula is C14H18N6O2.